The molecule has 0 unspecified atom stereocenters. The molecule has 0 aliphatic rings. The number of anilines is 1. The van der Waals surface area contributed by atoms with Crippen molar-refractivity contribution < 1.29 is 28.6 Å². The highest BCUT2D eigenvalue weighted by atomic mass is 16.6. The van der Waals surface area contributed by atoms with Crippen molar-refractivity contribution in [2.24, 2.45) is 5.16 Å². The summed E-state index contributed by atoms with van der Waals surface area (Å²) >= 11 is 0. The summed E-state index contributed by atoms with van der Waals surface area (Å²) in [6, 6.07) is 10.4. The maximum atomic E-state index is 12.0. The summed E-state index contributed by atoms with van der Waals surface area (Å²) in [4.78, 5) is 17.1. The number of nitrogens with zero attached hydrogens (tertiary/aromatic N) is 1. The third-order valence-corrected chi connectivity index (χ3v) is 3.58. The van der Waals surface area contributed by atoms with Crippen molar-refractivity contribution in [1.82, 2.24) is 0 Å². The second-order valence-corrected chi connectivity index (χ2v) is 5.21. The van der Waals surface area contributed by atoms with Crippen LogP contribution < -0.4 is 24.3 Å². The highest BCUT2D eigenvalue weighted by Crippen LogP contribution is 2.30. The highest BCUT2D eigenvalue weighted by molar-refractivity contribution is 5.93. The van der Waals surface area contributed by atoms with E-state index in [-0.39, 0.29) is 12.5 Å². The molecule has 0 aliphatic heterocycles. The lowest BCUT2D eigenvalue weighted by Crippen LogP contribution is -2.17. The third kappa shape index (κ3) is 5.27. The molecule has 0 aromatic heterocycles. The van der Waals surface area contributed by atoms with E-state index in [9.17, 15) is 4.79 Å². The number of para-hydroxylation sites is 1. The van der Waals surface area contributed by atoms with E-state index < -0.39 is 0 Å². The largest absolute Gasteiger partial charge is 0.497 e. The van der Waals surface area contributed by atoms with Crippen LogP contribution in [0.3, 0.4) is 0 Å². The standard InChI is InChI=1S/C19H22N2O6/c1-23-14-8-9-15(17(10-14)25-3)21-18(22)12-27-20-11-13-6-5-7-16(24-2)19(13)26-4/h5-11H,12H2,1-4H3,(H,21,22)/b20-11-. The molecule has 0 spiro atoms. The first-order valence-electron chi connectivity index (χ1n) is 8.01. The first-order chi connectivity index (χ1) is 13.1. The minimum atomic E-state index is -0.381. The zero-order valence-electron chi connectivity index (χ0n) is 15.6. The van der Waals surface area contributed by atoms with Crippen LogP contribution in [0.4, 0.5) is 5.69 Å². The van der Waals surface area contributed by atoms with Crippen LogP contribution >= 0.6 is 0 Å². The number of ether oxygens (including phenoxy) is 4. The smallest absolute Gasteiger partial charge is 0.265 e. The van der Waals surface area contributed by atoms with Crippen molar-refractivity contribution in [3.05, 3.63) is 42.0 Å². The van der Waals surface area contributed by atoms with Gasteiger partial charge in [-0.25, -0.2) is 0 Å². The molecule has 0 heterocycles. The monoisotopic (exact) mass is 374 g/mol. The molecule has 8 nitrogen and oxygen atoms in total. The summed E-state index contributed by atoms with van der Waals surface area (Å²) in [5.74, 6) is 1.82. The molecule has 0 bridgehead atoms. The lowest BCUT2D eigenvalue weighted by molar-refractivity contribution is -0.120. The number of methoxy groups -OCH3 is 4. The van der Waals surface area contributed by atoms with Crippen LogP contribution in [0.25, 0.3) is 0 Å². The van der Waals surface area contributed by atoms with E-state index in [1.165, 1.54) is 20.4 Å². The van der Waals surface area contributed by atoms with E-state index in [0.29, 0.717) is 34.2 Å². The molecule has 8 heteroatoms. The summed E-state index contributed by atoms with van der Waals surface area (Å²) in [7, 11) is 6.14. The molecule has 2 rings (SSSR count). The number of hydrogen-bond acceptors (Lipinski definition) is 7. The van der Waals surface area contributed by atoms with E-state index in [4.69, 9.17) is 23.8 Å². The summed E-state index contributed by atoms with van der Waals surface area (Å²) in [6.45, 7) is -0.266. The van der Waals surface area contributed by atoms with Crippen LogP contribution in [0.15, 0.2) is 41.6 Å². The molecule has 1 amide bonds. The van der Waals surface area contributed by atoms with Crippen molar-refractivity contribution in [1.29, 1.82) is 0 Å². The average Bonchev–Trinajstić information content (AvgIpc) is 2.71. The number of oxime groups is 1. The fourth-order valence-electron chi connectivity index (χ4n) is 2.29. The summed E-state index contributed by atoms with van der Waals surface area (Å²) in [5.41, 5.74) is 1.17. The van der Waals surface area contributed by atoms with E-state index in [1.54, 1.807) is 50.6 Å². The topological polar surface area (TPSA) is 87.6 Å². The van der Waals surface area contributed by atoms with E-state index in [2.05, 4.69) is 10.5 Å². The van der Waals surface area contributed by atoms with Crippen molar-refractivity contribution in [3.63, 3.8) is 0 Å². The zero-order chi connectivity index (χ0) is 19.6. The quantitative estimate of drug-likeness (QED) is 0.536. The molecule has 0 aliphatic carbocycles. The molecule has 0 saturated heterocycles. The van der Waals surface area contributed by atoms with Gasteiger partial charge in [-0.3, -0.25) is 4.79 Å². The van der Waals surface area contributed by atoms with Gasteiger partial charge in [0, 0.05) is 11.6 Å². The maximum Gasteiger partial charge on any atom is 0.265 e. The van der Waals surface area contributed by atoms with Crippen LogP contribution in [-0.2, 0) is 9.63 Å². The minimum Gasteiger partial charge on any atom is -0.497 e. The Morgan fingerprint density at radius 3 is 2.44 bits per heavy atom. The number of nitrogens with one attached hydrogen (secondary N) is 1. The fraction of sp³-hybridized carbons (Fsp3) is 0.263. The molecule has 0 saturated carbocycles. The molecule has 2 aromatic rings. The molecule has 27 heavy (non-hydrogen) atoms. The Labute approximate surface area is 157 Å². The molecular formula is C19H22N2O6. The predicted octanol–water partition coefficient (Wildman–Crippen LogP) is 2.71. The van der Waals surface area contributed by atoms with Crippen LogP contribution in [-0.4, -0.2) is 47.2 Å². The number of amides is 1. The van der Waals surface area contributed by atoms with Gasteiger partial charge in [0.2, 0.25) is 0 Å². The Hall–Kier alpha value is -3.42. The number of benzene rings is 2. The van der Waals surface area contributed by atoms with Gasteiger partial charge < -0.3 is 29.1 Å². The zero-order valence-corrected chi connectivity index (χ0v) is 15.6. The second kappa shape index (κ2) is 9.91. The van der Waals surface area contributed by atoms with Crippen LogP contribution in [0.5, 0.6) is 23.0 Å². The van der Waals surface area contributed by atoms with Crippen molar-refractivity contribution >= 4 is 17.8 Å². The van der Waals surface area contributed by atoms with Crippen molar-refractivity contribution in [2.75, 3.05) is 40.4 Å². The Bertz CT molecular complexity index is 807. The second-order valence-electron chi connectivity index (χ2n) is 5.21. The van der Waals surface area contributed by atoms with E-state index in [1.807, 2.05) is 0 Å². The molecule has 144 valence electrons. The normalized spacial score (nSPS) is 10.4. The average molecular weight is 374 g/mol. The summed E-state index contributed by atoms with van der Waals surface area (Å²) < 4.78 is 20.9. The van der Waals surface area contributed by atoms with Gasteiger partial charge in [-0.2, -0.15) is 0 Å². The van der Waals surface area contributed by atoms with Gasteiger partial charge in [0.25, 0.3) is 5.91 Å². The fourth-order valence-corrected chi connectivity index (χ4v) is 2.29. The first-order valence-corrected chi connectivity index (χ1v) is 8.01. The molecule has 0 fully saturated rings. The van der Waals surface area contributed by atoms with Crippen molar-refractivity contribution in [2.45, 2.75) is 0 Å². The van der Waals surface area contributed by atoms with Gasteiger partial charge in [-0.15, -0.1) is 0 Å². The third-order valence-electron chi connectivity index (χ3n) is 3.58. The predicted molar refractivity (Wildman–Crippen MR) is 101 cm³/mol. The number of hydrogen-bond donors (Lipinski definition) is 1. The molecular weight excluding hydrogens is 352 g/mol. The highest BCUT2D eigenvalue weighted by Gasteiger charge is 2.10. The molecule has 1 N–H and O–H groups in total. The molecule has 0 radical (unpaired) electrons. The Balaban J connectivity index is 1.94. The van der Waals surface area contributed by atoms with E-state index >= 15 is 0 Å². The number of carbonyl (C=O) groups is 1. The lowest BCUT2D eigenvalue weighted by Gasteiger charge is -2.11. The summed E-state index contributed by atoms with van der Waals surface area (Å²) in [6.07, 6.45) is 1.45. The Kier molecular flexibility index (Phi) is 7.30. The van der Waals surface area contributed by atoms with Crippen LogP contribution in [0.1, 0.15) is 5.56 Å². The van der Waals surface area contributed by atoms with Gasteiger partial charge in [-0.1, -0.05) is 11.2 Å². The SMILES string of the molecule is COc1ccc(NC(=O)CO/N=C\c2cccc(OC)c2OC)c(OC)c1. The molecule has 0 atom stereocenters. The molecule has 2 aromatic carbocycles. The van der Waals surface area contributed by atoms with Gasteiger partial charge in [0.1, 0.15) is 11.5 Å². The van der Waals surface area contributed by atoms with E-state index in [0.717, 1.165) is 0 Å². The van der Waals surface area contributed by atoms with Gasteiger partial charge >= 0.3 is 0 Å². The first kappa shape index (κ1) is 19.9. The van der Waals surface area contributed by atoms with Gasteiger partial charge in [0.05, 0.1) is 40.3 Å². The number of rotatable bonds is 9. The van der Waals surface area contributed by atoms with Gasteiger partial charge in [-0.05, 0) is 24.3 Å². The van der Waals surface area contributed by atoms with Crippen LogP contribution in [0, 0.1) is 0 Å². The Morgan fingerprint density at radius 1 is 1.00 bits per heavy atom. The van der Waals surface area contributed by atoms with Gasteiger partial charge in [0.15, 0.2) is 18.1 Å². The van der Waals surface area contributed by atoms with Crippen LogP contribution in [0.2, 0.25) is 0 Å². The summed E-state index contributed by atoms with van der Waals surface area (Å²) in [5, 5.41) is 6.49. The van der Waals surface area contributed by atoms with Crippen molar-refractivity contribution in [3.8, 4) is 23.0 Å². The maximum absolute atomic E-state index is 12.0. The number of carbonyl (C=O) groups excluding carboxylic acids is 1. The Morgan fingerprint density at radius 2 is 1.78 bits per heavy atom. The lowest BCUT2D eigenvalue weighted by atomic mass is 10.2. The minimum absolute atomic E-state index is 0.266.